The van der Waals surface area contributed by atoms with E-state index in [-0.39, 0.29) is 22.6 Å². The van der Waals surface area contributed by atoms with E-state index >= 15 is 0 Å². The Balaban J connectivity index is 2.13. The summed E-state index contributed by atoms with van der Waals surface area (Å²) in [5.41, 5.74) is 6.44. The van der Waals surface area contributed by atoms with E-state index in [2.05, 4.69) is 4.72 Å². The monoisotopic (exact) mass is 304 g/mol. The van der Waals surface area contributed by atoms with Gasteiger partial charge in [0.25, 0.3) is 0 Å². The van der Waals surface area contributed by atoms with E-state index in [1.165, 1.54) is 6.07 Å². The largest absolute Gasteiger partial charge is 0.397 e. The van der Waals surface area contributed by atoms with E-state index in [4.69, 9.17) is 22.4 Å². The molecule has 0 heterocycles. The molecule has 1 aromatic carbocycles. The summed E-state index contributed by atoms with van der Waals surface area (Å²) in [7, 11) is -3.59. The summed E-state index contributed by atoms with van der Waals surface area (Å²) < 4.78 is 26.9. The molecule has 0 aromatic heterocycles. The lowest BCUT2D eigenvalue weighted by Gasteiger charge is -2.31. The van der Waals surface area contributed by atoms with Gasteiger partial charge in [0.15, 0.2) is 0 Å². The third-order valence-corrected chi connectivity index (χ3v) is 5.25. The van der Waals surface area contributed by atoms with E-state index in [0.717, 1.165) is 0 Å². The first kappa shape index (κ1) is 14.6. The Hall–Kier alpha value is -0.820. The molecule has 0 spiro atoms. The second kappa shape index (κ2) is 5.28. The Labute approximate surface area is 117 Å². The summed E-state index contributed by atoms with van der Waals surface area (Å²) in [6, 6.07) is 2.91. The van der Waals surface area contributed by atoms with Crippen molar-refractivity contribution in [3.63, 3.8) is 0 Å². The van der Waals surface area contributed by atoms with Crippen molar-refractivity contribution in [1.29, 1.82) is 0 Å². The number of anilines is 1. The van der Waals surface area contributed by atoms with Crippen molar-refractivity contribution in [2.75, 3.05) is 12.3 Å². The third kappa shape index (κ3) is 3.20. The minimum absolute atomic E-state index is 0.147. The lowest BCUT2D eigenvalue weighted by Crippen LogP contribution is -2.38. The zero-order valence-electron chi connectivity index (χ0n) is 10.6. The third-order valence-electron chi connectivity index (χ3n) is 3.36. The molecule has 1 saturated carbocycles. The van der Waals surface area contributed by atoms with E-state index in [1.54, 1.807) is 13.0 Å². The highest BCUT2D eigenvalue weighted by molar-refractivity contribution is 7.89. The van der Waals surface area contributed by atoms with Gasteiger partial charge in [-0.05, 0) is 43.4 Å². The number of benzene rings is 1. The number of nitrogens with two attached hydrogens (primary N) is 1. The zero-order chi connectivity index (χ0) is 14.2. The van der Waals surface area contributed by atoms with Gasteiger partial charge in [0, 0.05) is 6.54 Å². The van der Waals surface area contributed by atoms with E-state index < -0.39 is 10.0 Å². The molecule has 0 atom stereocenters. The van der Waals surface area contributed by atoms with Crippen LogP contribution in [-0.2, 0) is 10.0 Å². The number of aliphatic hydroxyl groups excluding tert-OH is 1. The molecule has 0 radical (unpaired) electrons. The molecule has 1 aliphatic rings. The highest BCUT2D eigenvalue weighted by atomic mass is 35.5. The Kier molecular flexibility index (Phi) is 4.06. The molecule has 5 nitrogen and oxygen atoms in total. The van der Waals surface area contributed by atoms with Crippen LogP contribution in [0.2, 0.25) is 5.02 Å². The van der Waals surface area contributed by atoms with Crippen molar-refractivity contribution >= 4 is 27.3 Å². The predicted molar refractivity (Wildman–Crippen MR) is 74.5 cm³/mol. The minimum atomic E-state index is -3.59. The van der Waals surface area contributed by atoms with Gasteiger partial charge in [-0.2, -0.15) is 0 Å². The van der Waals surface area contributed by atoms with Gasteiger partial charge in [-0.25, -0.2) is 13.1 Å². The molecule has 0 amide bonds. The Morgan fingerprint density at radius 3 is 2.68 bits per heavy atom. The number of nitrogens with one attached hydrogen (secondary N) is 1. The van der Waals surface area contributed by atoms with Gasteiger partial charge in [-0.3, -0.25) is 0 Å². The molecule has 0 bridgehead atoms. The number of aryl methyl sites for hydroxylation is 1. The van der Waals surface area contributed by atoms with Crippen molar-refractivity contribution in [2.24, 2.45) is 5.92 Å². The number of rotatable bonds is 4. The second-order valence-corrected chi connectivity index (χ2v) is 7.12. The molecular formula is C12H17ClN2O3S. The van der Waals surface area contributed by atoms with Crippen LogP contribution in [0.1, 0.15) is 18.4 Å². The summed E-state index contributed by atoms with van der Waals surface area (Å²) in [4.78, 5) is 0.147. The molecule has 1 fully saturated rings. The first-order valence-corrected chi connectivity index (χ1v) is 7.89. The average Bonchev–Trinajstić information content (AvgIpc) is 2.27. The van der Waals surface area contributed by atoms with Gasteiger partial charge in [-0.15, -0.1) is 0 Å². The van der Waals surface area contributed by atoms with E-state index in [1.807, 2.05) is 0 Å². The maximum absolute atomic E-state index is 12.2. The van der Waals surface area contributed by atoms with Crippen LogP contribution in [0, 0.1) is 12.8 Å². The van der Waals surface area contributed by atoms with Crippen LogP contribution in [0.3, 0.4) is 0 Å². The van der Waals surface area contributed by atoms with Gasteiger partial charge in [0.2, 0.25) is 10.0 Å². The van der Waals surface area contributed by atoms with Crippen LogP contribution in [0.15, 0.2) is 17.0 Å². The van der Waals surface area contributed by atoms with Crippen molar-refractivity contribution in [1.82, 2.24) is 4.72 Å². The Morgan fingerprint density at radius 2 is 2.11 bits per heavy atom. The first-order chi connectivity index (χ1) is 8.79. The lowest BCUT2D eigenvalue weighted by atomic mass is 9.83. The van der Waals surface area contributed by atoms with Crippen molar-refractivity contribution < 1.29 is 13.5 Å². The minimum Gasteiger partial charge on any atom is -0.397 e. The molecule has 0 unspecified atom stereocenters. The van der Waals surface area contributed by atoms with Crippen LogP contribution in [0.4, 0.5) is 5.69 Å². The number of hydrogen-bond acceptors (Lipinski definition) is 4. The number of nitrogen functional groups attached to an aromatic ring is 1. The predicted octanol–water partition coefficient (Wildman–Crippen LogP) is 1.28. The van der Waals surface area contributed by atoms with Crippen LogP contribution < -0.4 is 10.5 Å². The standard InChI is InChI=1S/C12H17ClN2O3S/c1-7-2-10(13)11(14)5-12(7)19(17,18)15-6-8-3-9(16)4-8/h2,5,8-9,15-16H,3-4,6,14H2,1H3. The second-order valence-electron chi connectivity index (χ2n) is 4.98. The van der Waals surface area contributed by atoms with Gasteiger partial charge in [0.1, 0.15) is 0 Å². The molecular weight excluding hydrogens is 288 g/mol. The normalized spacial score (nSPS) is 23.1. The van der Waals surface area contributed by atoms with Gasteiger partial charge < -0.3 is 10.8 Å². The highest BCUT2D eigenvalue weighted by Gasteiger charge is 2.29. The quantitative estimate of drug-likeness (QED) is 0.731. The van der Waals surface area contributed by atoms with Crippen molar-refractivity contribution in [3.05, 3.63) is 22.7 Å². The fourth-order valence-corrected chi connectivity index (χ4v) is 3.72. The number of halogens is 1. The summed E-state index contributed by atoms with van der Waals surface area (Å²) in [5.74, 6) is 0.203. The molecule has 1 aliphatic carbocycles. The Morgan fingerprint density at radius 1 is 1.47 bits per heavy atom. The van der Waals surface area contributed by atoms with Crippen LogP contribution in [0.25, 0.3) is 0 Å². The van der Waals surface area contributed by atoms with Crippen LogP contribution >= 0.6 is 11.6 Å². The maximum atomic E-state index is 12.2. The number of aliphatic hydroxyl groups is 1. The smallest absolute Gasteiger partial charge is 0.240 e. The van der Waals surface area contributed by atoms with E-state index in [0.29, 0.717) is 30.0 Å². The lowest BCUT2D eigenvalue weighted by molar-refractivity contribution is 0.0453. The van der Waals surface area contributed by atoms with Crippen LogP contribution in [0.5, 0.6) is 0 Å². The molecule has 1 aromatic rings. The summed E-state index contributed by atoms with van der Waals surface area (Å²) in [6.45, 7) is 2.01. The SMILES string of the molecule is Cc1cc(Cl)c(N)cc1S(=O)(=O)NCC1CC(O)C1. The number of sulfonamides is 1. The Bertz CT molecular complexity index is 583. The molecule has 106 valence electrons. The van der Waals surface area contributed by atoms with Crippen molar-refractivity contribution in [2.45, 2.75) is 30.8 Å². The van der Waals surface area contributed by atoms with Crippen molar-refractivity contribution in [3.8, 4) is 0 Å². The van der Waals surface area contributed by atoms with Gasteiger partial charge in [0.05, 0.1) is 21.7 Å². The maximum Gasteiger partial charge on any atom is 0.240 e. The van der Waals surface area contributed by atoms with E-state index in [9.17, 15) is 8.42 Å². The summed E-state index contributed by atoms with van der Waals surface area (Å²) in [6.07, 6.45) is 0.997. The molecule has 2 rings (SSSR count). The molecule has 7 heteroatoms. The van der Waals surface area contributed by atoms with Gasteiger partial charge >= 0.3 is 0 Å². The molecule has 19 heavy (non-hydrogen) atoms. The zero-order valence-corrected chi connectivity index (χ0v) is 12.1. The molecule has 0 aliphatic heterocycles. The fourth-order valence-electron chi connectivity index (χ4n) is 2.13. The first-order valence-electron chi connectivity index (χ1n) is 6.03. The fraction of sp³-hybridized carbons (Fsp3) is 0.500. The van der Waals surface area contributed by atoms with Gasteiger partial charge in [-0.1, -0.05) is 11.6 Å². The summed E-state index contributed by atoms with van der Waals surface area (Å²) >= 11 is 5.84. The average molecular weight is 305 g/mol. The molecule has 4 N–H and O–H groups in total. The van der Waals surface area contributed by atoms with Crippen LogP contribution in [-0.4, -0.2) is 26.2 Å². The topological polar surface area (TPSA) is 92.4 Å². The summed E-state index contributed by atoms with van der Waals surface area (Å²) in [5, 5.41) is 9.51. The number of hydrogen-bond donors (Lipinski definition) is 3. The molecule has 0 saturated heterocycles. The highest BCUT2D eigenvalue weighted by Crippen LogP contribution is 2.28.